The number of thiophene rings is 3. The molecule has 13 rings (SSSR count). The van der Waals surface area contributed by atoms with Crippen LogP contribution in [0.4, 0.5) is 17.8 Å². The first-order valence-corrected chi connectivity index (χ1v) is 30.3. The van der Waals surface area contributed by atoms with E-state index in [9.17, 15) is 4.79 Å². The van der Waals surface area contributed by atoms with Crippen LogP contribution in [0.5, 0.6) is 17.2 Å². The highest BCUT2D eigenvalue weighted by molar-refractivity contribution is 7.20. The second-order valence-corrected chi connectivity index (χ2v) is 25.0. The zero-order chi connectivity index (χ0) is 57.8. The van der Waals surface area contributed by atoms with Gasteiger partial charge in [-0.1, -0.05) is 82.8 Å². The summed E-state index contributed by atoms with van der Waals surface area (Å²) >= 11 is 42.9. The third kappa shape index (κ3) is 11.2. The highest BCUT2D eigenvalue weighted by Gasteiger charge is 2.30. The van der Waals surface area contributed by atoms with Gasteiger partial charge in [-0.05, 0) is 55.7 Å². The lowest BCUT2D eigenvalue weighted by Crippen LogP contribution is -2.33. The number of ether oxygens (including phenoxy) is 4. The number of benzene rings is 3. The van der Waals surface area contributed by atoms with Crippen LogP contribution in [0.25, 0.3) is 75.8 Å². The lowest BCUT2D eigenvalue weighted by Gasteiger charge is -2.28. The molecule has 1 fully saturated rings. The molecule has 1 saturated carbocycles. The van der Waals surface area contributed by atoms with Crippen LogP contribution in [0.1, 0.15) is 55.4 Å². The Hall–Kier alpha value is -6.17. The van der Waals surface area contributed by atoms with Gasteiger partial charge in [0.15, 0.2) is 0 Å². The molecule has 3 aromatic carbocycles. The zero-order valence-corrected chi connectivity index (χ0v) is 51.1. The quantitative estimate of drug-likeness (QED) is 0.0715. The van der Waals surface area contributed by atoms with Crippen LogP contribution >= 0.6 is 104 Å². The Morgan fingerprint density at radius 1 is 0.610 bits per heavy atom. The van der Waals surface area contributed by atoms with Crippen molar-refractivity contribution in [3.8, 4) is 51.0 Å². The molecule has 3 aliphatic heterocycles. The number of aromatic nitrogens is 6. The minimum Gasteiger partial charge on any atom is -0.491 e. The molecule has 0 spiro atoms. The summed E-state index contributed by atoms with van der Waals surface area (Å²) in [4.78, 5) is 45.7. The molecule has 0 saturated heterocycles. The minimum atomic E-state index is -0.208. The number of hydrogen-bond donors (Lipinski definition) is 5. The third-order valence-electron chi connectivity index (χ3n) is 14.0. The smallest absolute Gasteiger partial charge is 0.261 e. The summed E-state index contributed by atoms with van der Waals surface area (Å²) in [5.41, 5.74) is 26.9. The monoisotopic (exact) mass is 1280 g/mol. The Labute approximate surface area is 512 Å². The van der Waals surface area contributed by atoms with E-state index in [2.05, 4.69) is 59.8 Å². The van der Waals surface area contributed by atoms with Gasteiger partial charge in [-0.3, -0.25) is 4.79 Å². The van der Waals surface area contributed by atoms with Crippen molar-refractivity contribution < 1.29 is 23.7 Å². The number of amides is 1. The molecule has 1 aliphatic carbocycles. The van der Waals surface area contributed by atoms with Crippen LogP contribution in [0, 0.1) is 0 Å². The zero-order valence-electron chi connectivity index (χ0n) is 44.1. The van der Waals surface area contributed by atoms with Crippen molar-refractivity contribution in [2.75, 3.05) is 71.4 Å². The van der Waals surface area contributed by atoms with Crippen LogP contribution in [0.2, 0.25) is 30.1 Å². The number of carbonyl (C=O) groups excluding carboxylic acids is 1. The van der Waals surface area contributed by atoms with Gasteiger partial charge in [0.05, 0.1) is 88.3 Å². The first-order chi connectivity index (χ1) is 39.4. The van der Waals surface area contributed by atoms with E-state index in [1.165, 1.54) is 41.9 Å². The maximum atomic E-state index is 12.4. The van der Waals surface area contributed by atoms with E-state index in [0.29, 0.717) is 131 Å². The summed E-state index contributed by atoms with van der Waals surface area (Å²) in [5.74, 6) is 2.28. The molecule has 0 bridgehead atoms. The molecule has 4 aliphatic rings. The fourth-order valence-corrected chi connectivity index (χ4v) is 14.9. The van der Waals surface area contributed by atoms with E-state index in [4.69, 9.17) is 106 Å². The Balaban J connectivity index is 0.000000129. The molecule has 1 amide bonds. The number of rotatable bonds is 12. The number of nitrogens with one attached hydrogen (secondary N) is 2. The third-order valence-corrected chi connectivity index (χ3v) is 18.9. The van der Waals surface area contributed by atoms with E-state index in [0.717, 1.165) is 82.2 Å². The number of fused-ring (bicyclic) bond motifs is 6. The number of nitrogens with zero attached hydrogens (tertiary/aromatic N) is 7. The minimum absolute atomic E-state index is 0.106. The molecule has 9 aromatic rings. The van der Waals surface area contributed by atoms with Crippen molar-refractivity contribution in [3.05, 3.63) is 111 Å². The molecule has 9 heterocycles. The van der Waals surface area contributed by atoms with Crippen LogP contribution < -0.4 is 42.0 Å². The number of halogens is 6. The van der Waals surface area contributed by atoms with E-state index >= 15 is 0 Å². The molecule has 8 N–H and O–H groups in total. The van der Waals surface area contributed by atoms with E-state index in [1.54, 1.807) is 42.7 Å². The van der Waals surface area contributed by atoms with Crippen molar-refractivity contribution in [2.24, 2.45) is 0 Å². The Kier molecular flexibility index (Phi) is 16.8. The number of methoxy groups -OCH3 is 1. The highest BCUT2D eigenvalue weighted by Crippen LogP contribution is 2.50. The molecular formula is C56H50Cl6N12O5S3. The number of anilines is 3. The molecule has 82 heavy (non-hydrogen) atoms. The van der Waals surface area contributed by atoms with Crippen LogP contribution in [0.15, 0.2) is 49.6 Å². The van der Waals surface area contributed by atoms with Gasteiger partial charge in [0.25, 0.3) is 5.91 Å². The highest BCUT2D eigenvalue weighted by atomic mass is 35.5. The SMILES string of the molecule is C=C(NC1CCC1)c1cc2c(-c3c(Cl)cc(Cl)c4c3CCO4)nc(N)nc2s1.C=C(c1cc2c(-c3c(Cl)cc(Cl)c4c3CCO4)nc(N)nc2s1)N(C)C.COCCNC(=O)c1cc2c(-c3c(Cl)cc(Cl)c4c3CCO4)nc(N)nc2s1. The number of carbonyl (C=O) groups is 1. The molecule has 0 unspecified atom stereocenters. The van der Waals surface area contributed by atoms with E-state index in [-0.39, 0.29) is 23.8 Å². The Morgan fingerprint density at radius 2 is 1.00 bits per heavy atom. The fraction of sp³-hybridized carbons (Fsp3) is 0.268. The molecular weight excluding hydrogens is 1230 g/mol. The average Bonchev–Trinajstić information content (AvgIpc) is 3.34. The van der Waals surface area contributed by atoms with Gasteiger partial charge in [-0.2, -0.15) is 0 Å². The second kappa shape index (κ2) is 23.8. The molecule has 26 heteroatoms. The largest absolute Gasteiger partial charge is 0.491 e. The summed E-state index contributed by atoms with van der Waals surface area (Å²) in [6.07, 6.45) is 5.75. The molecule has 17 nitrogen and oxygen atoms in total. The predicted molar refractivity (Wildman–Crippen MR) is 336 cm³/mol. The molecule has 0 atom stereocenters. The summed E-state index contributed by atoms with van der Waals surface area (Å²) in [5, 5.41) is 11.8. The number of nitrogen functional groups attached to an aromatic ring is 3. The molecule has 6 aromatic heterocycles. The van der Waals surface area contributed by atoms with Crippen molar-refractivity contribution in [3.63, 3.8) is 0 Å². The lowest BCUT2D eigenvalue weighted by molar-refractivity contribution is 0.0941. The molecule has 424 valence electrons. The van der Waals surface area contributed by atoms with Crippen molar-refractivity contribution in [1.82, 2.24) is 45.4 Å². The van der Waals surface area contributed by atoms with Crippen molar-refractivity contribution in [2.45, 2.75) is 44.6 Å². The Morgan fingerprint density at radius 3 is 1.39 bits per heavy atom. The fourth-order valence-electron chi connectivity index (χ4n) is 9.90. The normalized spacial score (nSPS) is 13.9. The van der Waals surface area contributed by atoms with Crippen molar-refractivity contribution >= 4 is 169 Å². The lowest BCUT2D eigenvalue weighted by atomic mass is 9.93. The second-order valence-electron chi connectivity index (χ2n) is 19.5. The van der Waals surface area contributed by atoms with Gasteiger partial charge in [0, 0.05) is 114 Å². The van der Waals surface area contributed by atoms with Gasteiger partial charge in [-0.25, -0.2) is 29.9 Å². The van der Waals surface area contributed by atoms with Gasteiger partial charge < -0.3 is 51.7 Å². The molecule has 0 radical (unpaired) electrons. The average molecular weight is 1280 g/mol. The number of nitrogens with two attached hydrogens (primary N) is 3. The Bertz CT molecular complexity index is 4090. The maximum absolute atomic E-state index is 12.4. The van der Waals surface area contributed by atoms with E-state index in [1.807, 2.05) is 25.1 Å². The maximum Gasteiger partial charge on any atom is 0.261 e. The standard InChI is InChI=1S/C20H18Cl2N4OS.C18H16Cl2N4O3S.C18H16Cl2N4OS/c1-9(24-10-3-2-4-10)15-7-12-17(25-20(23)26-19(12)28-15)16-11-5-6-27-18(11)14(22)8-13(16)21;1-26-5-3-22-16(25)12-6-9-14(23-18(21)24-17(9)28-12)13-8-2-4-27-15(8)11(20)7-10(13)19;1-8(24(2)3)13-6-10-15(22-18(21)23-17(10)26-13)14-9-4-5-25-16(9)12(20)7-11(14)19/h7-8,10,24H,1-6H2,(H2,23,25,26);6-7H,2-5H2,1H3,(H,22,25)(H2,21,23,24);6-7H,1,4-5H2,2-3H3,(H2,21,22,23). The van der Waals surface area contributed by atoms with Crippen LogP contribution in [-0.2, 0) is 24.0 Å². The van der Waals surface area contributed by atoms with Crippen LogP contribution in [0.3, 0.4) is 0 Å². The van der Waals surface area contributed by atoms with Gasteiger partial charge >= 0.3 is 0 Å². The number of hydrogen-bond acceptors (Lipinski definition) is 19. The summed E-state index contributed by atoms with van der Waals surface area (Å²) in [7, 11) is 5.48. The van der Waals surface area contributed by atoms with E-state index < -0.39 is 0 Å². The first kappa shape index (κ1) is 57.6. The predicted octanol–water partition coefficient (Wildman–Crippen LogP) is 13.6. The van der Waals surface area contributed by atoms with Crippen molar-refractivity contribution in [1.29, 1.82) is 0 Å². The summed E-state index contributed by atoms with van der Waals surface area (Å²) in [6.45, 7) is 10.8. The first-order valence-electron chi connectivity index (χ1n) is 25.6. The van der Waals surface area contributed by atoms with Crippen LogP contribution in [-0.4, -0.2) is 101 Å². The van der Waals surface area contributed by atoms with Gasteiger partial charge in [0.1, 0.15) is 31.7 Å². The summed E-state index contributed by atoms with van der Waals surface area (Å²) in [6, 6.07) is 11.4. The van der Waals surface area contributed by atoms with Gasteiger partial charge in [-0.15, -0.1) is 34.0 Å². The summed E-state index contributed by atoms with van der Waals surface area (Å²) < 4.78 is 22.0. The van der Waals surface area contributed by atoms with Gasteiger partial charge in [0.2, 0.25) is 17.8 Å². The topological polar surface area (TPSA) is 237 Å².